The summed E-state index contributed by atoms with van der Waals surface area (Å²) in [5.41, 5.74) is 7.40. The smallest absolute Gasteiger partial charge is 0.340 e. The number of hydrogen-bond donors (Lipinski definition) is 1. The molecule has 2 N–H and O–H groups in total. The summed E-state index contributed by atoms with van der Waals surface area (Å²) in [7, 11) is 0. The third kappa shape index (κ3) is 2.60. The number of hydrogen-bond acceptors (Lipinski definition) is 7. The quantitative estimate of drug-likeness (QED) is 0.829. The summed E-state index contributed by atoms with van der Waals surface area (Å²) in [5, 5.41) is 0. The zero-order valence-corrected chi connectivity index (χ0v) is 14.4. The van der Waals surface area contributed by atoms with Crippen LogP contribution in [0, 0.1) is 0 Å². The molecule has 136 valence electrons. The Morgan fingerprint density at radius 2 is 2.08 bits per heavy atom. The molecule has 0 spiro atoms. The Morgan fingerprint density at radius 1 is 1.27 bits per heavy atom. The predicted octanol–water partition coefficient (Wildman–Crippen LogP) is 2.27. The first kappa shape index (κ1) is 16.5. The molecule has 7 nitrogen and oxygen atoms in total. The Kier molecular flexibility index (Phi) is 4.06. The van der Waals surface area contributed by atoms with Crippen molar-refractivity contribution in [1.29, 1.82) is 0 Å². The lowest BCUT2D eigenvalue weighted by molar-refractivity contribution is -0.139. The van der Waals surface area contributed by atoms with Crippen LogP contribution in [0.3, 0.4) is 0 Å². The molecular formula is C19H19NO6. The van der Waals surface area contributed by atoms with Crippen molar-refractivity contribution in [1.82, 2.24) is 0 Å². The van der Waals surface area contributed by atoms with Crippen LogP contribution in [-0.4, -0.2) is 25.2 Å². The average molecular weight is 357 g/mol. The number of ketones is 1. The fourth-order valence-corrected chi connectivity index (χ4v) is 3.59. The third-order valence-corrected chi connectivity index (χ3v) is 4.71. The van der Waals surface area contributed by atoms with Crippen molar-refractivity contribution in [3.63, 3.8) is 0 Å². The first-order valence-electron chi connectivity index (χ1n) is 8.60. The molecule has 0 saturated heterocycles. The topological polar surface area (TPSA) is 97.1 Å². The van der Waals surface area contributed by atoms with Crippen molar-refractivity contribution in [2.75, 3.05) is 13.4 Å². The molecule has 0 saturated carbocycles. The molecule has 26 heavy (non-hydrogen) atoms. The molecule has 1 aliphatic carbocycles. The van der Waals surface area contributed by atoms with Crippen LogP contribution in [0.4, 0.5) is 0 Å². The van der Waals surface area contributed by atoms with Crippen LogP contribution in [0.25, 0.3) is 0 Å². The van der Waals surface area contributed by atoms with E-state index in [1.807, 2.05) is 6.07 Å². The molecule has 0 aromatic heterocycles. The van der Waals surface area contributed by atoms with Gasteiger partial charge in [0.2, 0.25) is 12.7 Å². The van der Waals surface area contributed by atoms with Crippen molar-refractivity contribution in [3.8, 4) is 11.5 Å². The third-order valence-electron chi connectivity index (χ3n) is 4.71. The molecule has 0 fully saturated rings. The van der Waals surface area contributed by atoms with E-state index < -0.39 is 11.9 Å². The fourth-order valence-electron chi connectivity index (χ4n) is 3.59. The zero-order valence-electron chi connectivity index (χ0n) is 14.4. The van der Waals surface area contributed by atoms with E-state index in [-0.39, 0.29) is 30.6 Å². The molecule has 0 bridgehead atoms. The number of carbonyl (C=O) groups excluding carboxylic acids is 2. The highest BCUT2D eigenvalue weighted by molar-refractivity contribution is 6.03. The first-order valence-corrected chi connectivity index (χ1v) is 8.60. The summed E-state index contributed by atoms with van der Waals surface area (Å²) in [6, 6.07) is 5.35. The van der Waals surface area contributed by atoms with Gasteiger partial charge in [0.1, 0.15) is 11.3 Å². The van der Waals surface area contributed by atoms with E-state index >= 15 is 0 Å². The van der Waals surface area contributed by atoms with Crippen molar-refractivity contribution in [3.05, 3.63) is 46.6 Å². The van der Waals surface area contributed by atoms with Crippen LogP contribution in [0.1, 0.15) is 37.7 Å². The van der Waals surface area contributed by atoms with Crippen LogP contribution in [0.2, 0.25) is 0 Å². The summed E-state index contributed by atoms with van der Waals surface area (Å²) < 4.78 is 21.6. The molecule has 0 unspecified atom stereocenters. The van der Waals surface area contributed by atoms with Gasteiger partial charge >= 0.3 is 5.97 Å². The van der Waals surface area contributed by atoms with Gasteiger partial charge in [-0.05, 0) is 31.0 Å². The molecule has 1 atom stereocenters. The highest BCUT2D eigenvalue weighted by atomic mass is 16.7. The van der Waals surface area contributed by atoms with Gasteiger partial charge < -0.3 is 24.7 Å². The molecule has 0 radical (unpaired) electrons. The van der Waals surface area contributed by atoms with Gasteiger partial charge in [0.25, 0.3) is 0 Å². The number of fused-ring (bicyclic) bond motifs is 1. The highest BCUT2D eigenvalue weighted by Gasteiger charge is 2.41. The van der Waals surface area contributed by atoms with E-state index in [0.717, 1.165) is 0 Å². The Hall–Kier alpha value is -2.96. The van der Waals surface area contributed by atoms with Crippen molar-refractivity contribution in [2.24, 2.45) is 5.73 Å². The van der Waals surface area contributed by atoms with Crippen LogP contribution >= 0.6 is 0 Å². The van der Waals surface area contributed by atoms with Gasteiger partial charge in [0.05, 0.1) is 12.5 Å². The number of benzene rings is 1. The predicted molar refractivity (Wildman–Crippen MR) is 90.1 cm³/mol. The van der Waals surface area contributed by atoms with Crippen LogP contribution < -0.4 is 15.2 Å². The largest absolute Gasteiger partial charge is 0.462 e. The first-order chi connectivity index (χ1) is 12.6. The number of allylic oxidation sites excluding steroid dienone is 2. The Balaban J connectivity index is 1.86. The van der Waals surface area contributed by atoms with E-state index in [9.17, 15) is 9.59 Å². The average Bonchev–Trinajstić information content (AvgIpc) is 3.08. The Labute approximate surface area is 150 Å². The fraction of sp³-hybridized carbons (Fsp3) is 0.368. The molecule has 0 amide bonds. The van der Waals surface area contributed by atoms with Gasteiger partial charge in [0, 0.05) is 18.4 Å². The number of nitrogens with two attached hydrogens (primary N) is 1. The molecular weight excluding hydrogens is 338 g/mol. The number of carbonyl (C=O) groups is 2. The zero-order chi connectivity index (χ0) is 18.3. The maximum absolute atomic E-state index is 12.7. The van der Waals surface area contributed by atoms with Gasteiger partial charge in [-0.15, -0.1) is 0 Å². The minimum atomic E-state index is -0.639. The van der Waals surface area contributed by atoms with Crippen LogP contribution in [-0.2, 0) is 19.1 Å². The maximum atomic E-state index is 12.7. The van der Waals surface area contributed by atoms with E-state index in [4.69, 9.17) is 24.7 Å². The molecule has 7 heteroatoms. The van der Waals surface area contributed by atoms with Gasteiger partial charge in [-0.1, -0.05) is 6.07 Å². The summed E-state index contributed by atoms with van der Waals surface area (Å²) >= 11 is 0. The molecule has 4 rings (SSSR count). The molecule has 1 aromatic carbocycles. The van der Waals surface area contributed by atoms with Gasteiger partial charge in [0.15, 0.2) is 17.3 Å². The highest BCUT2D eigenvalue weighted by Crippen LogP contribution is 2.46. The molecule has 1 aromatic rings. The number of rotatable bonds is 3. The van der Waals surface area contributed by atoms with E-state index in [0.29, 0.717) is 47.7 Å². The van der Waals surface area contributed by atoms with E-state index in [1.165, 1.54) is 0 Å². The lowest BCUT2D eigenvalue weighted by atomic mass is 9.77. The number of ether oxygens (including phenoxy) is 4. The second-order valence-corrected chi connectivity index (χ2v) is 6.26. The van der Waals surface area contributed by atoms with E-state index in [2.05, 4.69) is 0 Å². The molecule has 3 aliphatic rings. The van der Waals surface area contributed by atoms with Crippen molar-refractivity contribution in [2.45, 2.75) is 32.1 Å². The van der Waals surface area contributed by atoms with Crippen LogP contribution in [0.15, 0.2) is 41.0 Å². The Bertz CT molecular complexity index is 854. The maximum Gasteiger partial charge on any atom is 0.340 e. The van der Waals surface area contributed by atoms with Crippen LogP contribution in [0.5, 0.6) is 11.5 Å². The van der Waals surface area contributed by atoms with Crippen molar-refractivity contribution >= 4 is 11.8 Å². The Morgan fingerprint density at radius 3 is 2.88 bits per heavy atom. The standard InChI is InChI=1S/C19H19NO6/c1-2-23-19(22)17-15(10-6-7-12-14(8-10)25-9-24-12)16-11(21)4-3-5-13(16)26-18(17)20/h6-8,15H,2-5,9,20H2,1H3/t15-/m1/s1. The second kappa shape index (κ2) is 6.40. The monoisotopic (exact) mass is 357 g/mol. The minimum Gasteiger partial charge on any atom is -0.462 e. The number of esters is 1. The van der Waals surface area contributed by atoms with Gasteiger partial charge in [-0.25, -0.2) is 4.79 Å². The lowest BCUT2D eigenvalue weighted by Crippen LogP contribution is -2.31. The minimum absolute atomic E-state index is 0.0143. The number of Topliss-reactive ketones (excluding diaryl/α,β-unsaturated/α-hetero) is 1. The second-order valence-electron chi connectivity index (χ2n) is 6.26. The summed E-state index contributed by atoms with van der Waals surface area (Å²) in [6.45, 7) is 2.05. The summed E-state index contributed by atoms with van der Waals surface area (Å²) in [6.07, 6.45) is 1.73. The summed E-state index contributed by atoms with van der Waals surface area (Å²) in [4.78, 5) is 25.2. The molecule has 2 aliphatic heterocycles. The van der Waals surface area contributed by atoms with E-state index in [1.54, 1.807) is 19.1 Å². The lowest BCUT2D eigenvalue weighted by Gasteiger charge is -2.32. The van der Waals surface area contributed by atoms with Gasteiger partial charge in [-0.2, -0.15) is 0 Å². The summed E-state index contributed by atoms with van der Waals surface area (Å²) in [5.74, 6) is 0.454. The normalized spacial score (nSPS) is 21.4. The SMILES string of the molecule is CCOC(=O)C1=C(N)OC2=C(C(=O)CCC2)[C@H]1c1ccc2c(c1)OCO2. The van der Waals surface area contributed by atoms with Gasteiger partial charge in [-0.3, -0.25) is 4.79 Å². The molecule has 2 heterocycles. The van der Waals surface area contributed by atoms with Crippen molar-refractivity contribution < 1.29 is 28.5 Å².